The number of amides is 2. The highest BCUT2D eigenvalue weighted by atomic mass is 32.2. The minimum Gasteiger partial charge on any atom is -0.497 e. The molecule has 1 aliphatic carbocycles. The third-order valence-electron chi connectivity index (χ3n) is 7.31. The number of aryl methyl sites for hydroxylation is 1. The molecule has 1 atom stereocenters. The topological polar surface area (TPSA) is 114 Å². The summed E-state index contributed by atoms with van der Waals surface area (Å²) in [4.78, 5) is 28.5. The van der Waals surface area contributed by atoms with Gasteiger partial charge in [0.05, 0.1) is 19.1 Å². The number of hydrogen-bond donors (Lipinski definition) is 2. The van der Waals surface area contributed by atoms with Crippen molar-refractivity contribution < 1.29 is 27.5 Å². The average molecular weight is 594 g/mol. The van der Waals surface area contributed by atoms with Gasteiger partial charge in [-0.05, 0) is 85.7 Å². The van der Waals surface area contributed by atoms with E-state index in [1.807, 2.05) is 48.5 Å². The first-order chi connectivity index (χ1) is 20.2. The van der Waals surface area contributed by atoms with Gasteiger partial charge in [-0.3, -0.25) is 9.59 Å². The number of carbonyl (C=O) groups is 2. The maximum Gasteiger partial charge on any atom is 0.242 e. The van der Waals surface area contributed by atoms with E-state index < -0.39 is 16.1 Å². The van der Waals surface area contributed by atoms with Crippen molar-refractivity contribution in [2.45, 2.75) is 62.6 Å². The van der Waals surface area contributed by atoms with Crippen molar-refractivity contribution in [2.24, 2.45) is 0 Å². The second-order valence-corrected chi connectivity index (χ2v) is 12.2. The van der Waals surface area contributed by atoms with E-state index in [2.05, 4.69) is 10.0 Å². The number of benzene rings is 3. The van der Waals surface area contributed by atoms with Crippen LogP contribution in [0.3, 0.4) is 0 Å². The van der Waals surface area contributed by atoms with E-state index in [0.717, 1.165) is 35.3 Å². The molecule has 0 spiro atoms. The molecule has 3 aromatic rings. The van der Waals surface area contributed by atoms with Crippen LogP contribution in [0.4, 0.5) is 0 Å². The molecule has 1 saturated carbocycles. The highest BCUT2D eigenvalue weighted by Crippen LogP contribution is 2.23. The molecule has 0 bridgehead atoms. The molecular weight excluding hydrogens is 554 g/mol. The van der Waals surface area contributed by atoms with E-state index in [0.29, 0.717) is 25.1 Å². The zero-order chi connectivity index (χ0) is 30.1. The first-order valence-corrected chi connectivity index (χ1v) is 15.6. The van der Waals surface area contributed by atoms with Crippen molar-refractivity contribution in [2.75, 3.05) is 20.8 Å². The Labute approximate surface area is 248 Å². The Bertz CT molecular complexity index is 1440. The van der Waals surface area contributed by atoms with E-state index in [4.69, 9.17) is 9.47 Å². The summed E-state index contributed by atoms with van der Waals surface area (Å²) >= 11 is 0. The van der Waals surface area contributed by atoms with Gasteiger partial charge in [-0.2, -0.15) is 0 Å². The number of rotatable bonds is 15. The summed E-state index contributed by atoms with van der Waals surface area (Å²) in [6.07, 6.45) is 2.97. The standard InChI is InChI=1S/C32H39N3O6S/c1-23(32(37)33-21-20-25-4-13-28(40-2)14-5-25)35(22-26-6-15-29(41-3)16-7-26)31(36)19-10-24-8-17-30(18-9-24)42(38,39)34-27-11-12-27/h4-9,13-18,23,27,34H,10-12,19-22H2,1-3H3,(H,33,37)/t23-/m1/s1. The van der Waals surface area contributed by atoms with Crippen molar-refractivity contribution in [3.05, 3.63) is 89.5 Å². The van der Waals surface area contributed by atoms with Crippen molar-refractivity contribution in [3.8, 4) is 11.5 Å². The highest BCUT2D eigenvalue weighted by Gasteiger charge is 2.28. The van der Waals surface area contributed by atoms with Crippen LogP contribution in [-0.2, 0) is 39.0 Å². The molecule has 0 aromatic heterocycles. The van der Waals surface area contributed by atoms with Crippen molar-refractivity contribution in [1.29, 1.82) is 0 Å². The molecule has 1 fully saturated rings. The molecule has 42 heavy (non-hydrogen) atoms. The summed E-state index contributed by atoms with van der Waals surface area (Å²) in [5.74, 6) is 1.08. The highest BCUT2D eigenvalue weighted by molar-refractivity contribution is 7.89. The molecule has 9 nitrogen and oxygen atoms in total. The van der Waals surface area contributed by atoms with Crippen LogP contribution < -0.4 is 19.5 Å². The Hall–Kier alpha value is -3.89. The largest absolute Gasteiger partial charge is 0.497 e. The number of methoxy groups -OCH3 is 2. The van der Waals surface area contributed by atoms with Crippen molar-refractivity contribution in [1.82, 2.24) is 14.9 Å². The molecule has 224 valence electrons. The van der Waals surface area contributed by atoms with Crippen LogP contribution in [0.2, 0.25) is 0 Å². The Balaban J connectivity index is 1.38. The molecule has 10 heteroatoms. The van der Waals surface area contributed by atoms with E-state index in [9.17, 15) is 18.0 Å². The molecule has 1 aliphatic rings. The Morgan fingerprint density at radius 1 is 0.833 bits per heavy atom. The summed E-state index contributed by atoms with van der Waals surface area (Å²) in [6, 6.07) is 21.0. The zero-order valence-electron chi connectivity index (χ0n) is 24.3. The van der Waals surface area contributed by atoms with Crippen LogP contribution in [-0.4, -0.2) is 58.0 Å². The smallest absolute Gasteiger partial charge is 0.242 e. The Morgan fingerprint density at radius 2 is 1.36 bits per heavy atom. The number of hydrogen-bond acceptors (Lipinski definition) is 6. The van der Waals surface area contributed by atoms with Crippen LogP contribution in [0.1, 0.15) is 42.9 Å². The predicted molar refractivity (Wildman–Crippen MR) is 161 cm³/mol. The monoisotopic (exact) mass is 593 g/mol. The third-order valence-corrected chi connectivity index (χ3v) is 8.85. The van der Waals surface area contributed by atoms with Gasteiger partial charge in [0.15, 0.2) is 0 Å². The first kappa shape index (κ1) is 31.1. The maximum absolute atomic E-state index is 13.5. The van der Waals surface area contributed by atoms with Crippen LogP contribution in [0.25, 0.3) is 0 Å². The molecule has 0 saturated heterocycles. The van der Waals surface area contributed by atoms with Gasteiger partial charge in [0.2, 0.25) is 21.8 Å². The van der Waals surface area contributed by atoms with E-state index in [1.54, 1.807) is 50.3 Å². The van der Waals surface area contributed by atoms with Crippen LogP contribution in [0.15, 0.2) is 77.7 Å². The predicted octanol–water partition coefficient (Wildman–Crippen LogP) is 3.85. The van der Waals surface area contributed by atoms with Crippen LogP contribution in [0, 0.1) is 0 Å². The fourth-order valence-electron chi connectivity index (χ4n) is 4.50. The molecular formula is C32H39N3O6S. The van der Waals surface area contributed by atoms with Gasteiger partial charge in [0.25, 0.3) is 0 Å². The SMILES string of the molecule is COc1ccc(CCNC(=O)[C@@H](C)N(Cc2ccc(OC)cc2)C(=O)CCc2ccc(S(=O)(=O)NC3CC3)cc2)cc1. The lowest BCUT2D eigenvalue weighted by Crippen LogP contribution is -2.48. The second-order valence-electron chi connectivity index (χ2n) is 10.5. The second kappa shape index (κ2) is 14.3. The quantitative estimate of drug-likeness (QED) is 0.277. The summed E-state index contributed by atoms with van der Waals surface area (Å²) in [5.41, 5.74) is 2.78. The molecule has 0 unspecified atom stereocenters. The van der Waals surface area contributed by atoms with Crippen LogP contribution in [0.5, 0.6) is 11.5 Å². The molecule has 0 aliphatic heterocycles. The molecule has 4 rings (SSSR count). The summed E-state index contributed by atoms with van der Waals surface area (Å²) in [7, 11) is -0.322. The van der Waals surface area contributed by atoms with Gasteiger partial charge in [0, 0.05) is 25.6 Å². The lowest BCUT2D eigenvalue weighted by molar-refractivity contribution is -0.140. The number of nitrogens with one attached hydrogen (secondary N) is 2. The van der Waals surface area contributed by atoms with Gasteiger partial charge in [0.1, 0.15) is 17.5 Å². The molecule has 2 N–H and O–H groups in total. The van der Waals surface area contributed by atoms with Gasteiger partial charge in [-0.1, -0.05) is 36.4 Å². The minimum atomic E-state index is -3.53. The molecule has 2 amide bonds. The minimum absolute atomic E-state index is 0.0330. The lowest BCUT2D eigenvalue weighted by atomic mass is 10.1. The number of nitrogens with zero attached hydrogens (tertiary/aromatic N) is 1. The Morgan fingerprint density at radius 3 is 1.90 bits per heavy atom. The summed E-state index contributed by atoms with van der Waals surface area (Å²) < 4.78 is 38.0. The molecule has 0 radical (unpaired) electrons. The molecule has 0 heterocycles. The summed E-state index contributed by atoms with van der Waals surface area (Å²) in [5, 5.41) is 2.96. The lowest BCUT2D eigenvalue weighted by Gasteiger charge is -2.29. The van der Waals surface area contributed by atoms with E-state index in [-0.39, 0.29) is 35.7 Å². The fraction of sp³-hybridized carbons (Fsp3) is 0.375. The summed E-state index contributed by atoms with van der Waals surface area (Å²) in [6.45, 7) is 2.43. The van der Waals surface area contributed by atoms with Gasteiger partial charge < -0.3 is 19.7 Å². The Kier molecular flexibility index (Phi) is 10.6. The normalized spacial score (nSPS) is 13.7. The van der Waals surface area contributed by atoms with Crippen LogP contribution >= 0.6 is 0 Å². The average Bonchev–Trinajstić information content (AvgIpc) is 3.82. The van der Waals surface area contributed by atoms with Crippen molar-refractivity contribution in [3.63, 3.8) is 0 Å². The maximum atomic E-state index is 13.5. The van der Waals surface area contributed by atoms with E-state index >= 15 is 0 Å². The van der Waals surface area contributed by atoms with Crippen molar-refractivity contribution >= 4 is 21.8 Å². The third kappa shape index (κ3) is 8.80. The molecule has 3 aromatic carbocycles. The van der Waals surface area contributed by atoms with Gasteiger partial charge >= 0.3 is 0 Å². The first-order valence-electron chi connectivity index (χ1n) is 14.1. The van der Waals surface area contributed by atoms with Gasteiger partial charge in [-0.25, -0.2) is 13.1 Å². The number of carbonyl (C=O) groups excluding carboxylic acids is 2. The zero-order valence-corrected chi connectivity index (χ0v) is 25.2. The number of sulfonamides is 1. The van der Waals surface area contributed by atoms with E-state index in [1.165, 1.54) is 0 Å². The fourth-order valence-corrected chi connectivity index (χ4v) is 5.80. The van der Waals surface area contributed by atoms with Gasteiger partial charge in [-0.15, -0.1) is 0 Å². The number of ether oxygens (including phenoxy) is 2.